The summed E-state index contributed by atoms with van der Waals surface area (Å²) in [6.07, 6.45) is 9.45. The second-order valence-corrected chi connectivity index (χ2v) is 13.9. The Hall–Kier alpha value is -4.45. The van der Waals surface area contributed by atoms with Gasteiger partial charge in [-0.25, -0.2) is 4.39 Å². The number of nitrogens with zero attached hydrogens (tertiary/aromatic N) is 5. The van der Waals surface area contributed by atoms with E-state index in [1.165, 1.54) is 12.1 Å². The molecule has 2 fully saturated rings. The van der Waals surface area contributed by atoms with Crippen LogP contribution < -0.4 is 10.6 Å². The second-order valence-electron chi connectivity index (χ2n) is 13.9. The maximum atomic E-state index is 15.8. The summed E-state index contributed by atoms with van der Waals surface area (Å²) < 4.78 is 17.4. The van der Waals surface area contributed by atoms with Crippen LogP contribution in [-0.2, 0) is 27.5 Å². The highest BCUT2D eigenvalue weighted by molar-refractivity contribution is 6.00. The number of hydrogen-bond donors (Lipinski definition) is 2. The van der Waals surface area contributed by atoms with Crippen LogP contribution in [0.2, 0.25) is 0 Å². The van der Waals surface area contributed by atoms with Crippen molar-refractivity contribution in [3.8, 4) is 0 Å². The van der Waals surface area contributed by atoms with Crippen molar-refractivity contribution in [1.82, 2.24) is 29.9 Å². The number of rotatable bonds is 14. The molecule has 1 saturated carbocycles. The molecule has 0 spiro atoms. The predicted molar refractivity (Wildman–Crippen MR) is 193 cm³/mol. The van der Waals surface area contributed by atoms with Crippen LogP contribution in [-0.4, -0.2) is 80.3 Å². The van der Waals surface area contributed by atoms with E-state index >= 15 is 4.39 Å². The third kappa shape index (κ3) is 9.87. The number of anilines is 1. The second kappa shape index (κ2) is 18.2. The van der Waals surface area contributed by atoms with E-state index in [4.69, 9.17) is 0 Å². The van der Waals surface area contributed by atoms with Crippen molar-refractivity contribution >= 4 is 29.2 Å². The van der Waals surface area contributed by atoms with E-state index in [2.05, 4.69) is 25.6 Å². The summed E-state index contributed by atoms with van der Waals surface area (Å²) >= 11 is 0. The number of pyridine rings is 1. The van der Waals surface area contributed by atoms with Crippen molar-refractivity contribution in [2.45, 2.75) is 97.2 Å². The zero-order valence-corrected chi connectivity index (χ0v) is 30.2. The number of piperazine rings is 1. The number of carbonyl (C=O) groups is 4. The minimum Gasteiger partial charge on any atom is -0.344 e. The molecule has 2 aliphatic rings. The average molecular weight is 702 g/mol. The third-order valence-corrected chi connectivity index (χ3v) is 10.5. The fourth-order valence-corrected chi connectivity index (χ4v) is 7.37. The molecule has 1 aliphatic heterocycles. The van der Waals surface area contributed by atoms with Crippen molar-refractivity contribution in [2.24, 2.45) is 11.8 Å². The molecular weight excluding hydrogens is 649 g/mol. The van der Waals surface area contributed by atoms with Crippen LogP contribution in [0.25, 0.3) is 0 Å². The molecule has 0 radical (unpaired) electrons. The van der Waals surface area contributed by atoms with Crippen LogP contribution in [0.3, 0.4) is 0 Å². The maximum absolute atomic E-state index is 15.8. The summed E-state index contributed by atoms with van der Waals surface area (Å²) in [6, 6.07) is 11.1. The summed E-state index contributed by atoms with van der Waals surface area (Å²) in [5, 5.41) is 9.91. The lowest BCUT2D eigenvalue weighted by Gasteiger charge is -2.37. The Bertz CT molecular complexity index is 1630. The van der Waals surface area contributed by atoms with Crippen LogP contribution in [0.1, 0.15) is 99.8 Å². The van der Waals surface area contributed by atoms with Gasteiger partial charge in [-0.05, 0) is 61.6 Å². The molecule has 3 atom stereocenters. The monoisotopic (exact) mass is 701 g/mol. The van der Waals surface area contributed by atoms with E-state index in [1.807, 2.05) is 25.1 Å². The van der Waals surface area contributed by atoms with Gasteiger partial charge in [0.05, 0.1) is 11.4 Å². The third-order valence-electron chi connectivity index (χ3n) is 10.5. The number of ketones is 1. The minimum absolute atomic E-state index is 0.0163. The number of benzene rings is 1. The zero-order chi connectivity index (χ0) is 36.3. The van der Waals surface area contributed by atoms with Crippen LogP contribution in [0.5, 0.6) is 0 Å². The Kier molecular flexibility index (Phi) is 13.5. The molecule has 3 heterocycles. The zero-order valence-electron chi connectivity index (χ0n) is 30.2. The van der Waals surface area contributed by atoms with Gasteiger partial charge in [-0.3, -0.25) is 33.7 Å². The molecule has 1 aromatic carbocycles. The Morgan fingerprint density at radius 1 is 0.941 bits per heavy atom. The normalized spacial score (nSPS) is 17.6. The molecule has 3 aromatic rings. The summed E-state index contributed by atoms with van der Waals surface area (Å²) in [5.41, 5.74) is 1.98. The first-order chi connectivity index (χ1) is 24.7. The van der Waals surface area contributed by atoms with Crippen LogP contribution in [0.15, 0.2) is 54.9 Å². The number of aryl methyl sites for hydroxylation is 1. The van der Waals surface area contributed by atoms with Gasteiger partial charge in [0.2, 0.25) is 17.7 Å². The first-order valence-corrected chi connectivity index (χ1v) is 18.5. The van der Waals surface area contributed by atoms with E-state index in [1.54, 1.807) is 48.0 Å². The van der Waals surface area contributed by atoms with E-state index in [0.29, 0.717) is 50.5 Å². The number of hydrogen-bond acceptors (Lipinski definition) is 7. The van der Waals surface area contributed by atoms with E-state index in [-0.39, 0.29) is 48.0 Å². The Morgan fingerprint density at radius 3 is 2.33 bits per heavy atom. The molecule has 274 valence electrons. The first-order valence-electron chi connectivity index (χ1n) is 18.5. The van der Waals surface area contributed by atoms with Gasteiger partial charge in [-0.1, -0.05) is 51.7 Å². The molecule has 12 heteroatoms. The molecule has 51 heavy (non-hydrogen) atoms. The van der Waals surface area contributed by atoms with Gasteiger partial charge < -0.3 is 15.5 Å². The highest BCUT2D eigenvalue weighted by atomic mass is 19.1. The standard InChI is InChI=1S/C39H52FN7O4/c1-4-36(49)44-37(39(51)46-22-20-45(21-23-46)26-30-14-10-11-18-41-30)27(3)29-15-16-33(32(40)24-29)43-38(50)31(28-12-8-6-7-9-13-28)25-35(48)34-17-19-42-47(34)5-2/h10-11,14-19,24,27-28,31,37H,4-9,12-13,20-23,25-26H2,1-3H3,(H,43,50)(H,44,49)/t27-,31-,37+/m0/s1. The van der Waals surface area contributed by atoms with Crippen molar-refractivity contribution in [3.05, 3.63) is 77.6 Å². The summed E-state index contributed by atoms with van der Waals surface area (Å²) in [7, 11) is 0. The highest BCUT2D eigenvalue weighted by Gasteiger charge is 2.35. The maximum Gasteiger partial charge on any atom is 0.245 e. The first kappa shape index (κ1) is 37.8. The van der Waals surface area contributed by atoms with Gasteiger partial charge in [-0.15, -0.1) is 0 Å². The number of halogens is 1. The average Bonchev–Trinajstić information content (AvgIpc) is 3.48. The van der Waals surface area contributed by atoms with Crippen molar-refractivity contribution in [1.29, 1.82) is 0 Å². The number of amides is 3. The molecule has 11 nitrogen and oxygen atoms in total. The molecule has 2 N–H and O–H groups in total. The van der Waals surface area contributed by atoms with Crippen molar-refractivity contribution in [2.75, 3.05) is 31.5 Å². The fourth-order valence-electron chi connectivity index (χ4n) is 7.37. The van der Waals surface area contributed by atoms with E-state index in [9.17, 15) is 19.2 Å². The van der Waals surface area contributed by atoms with Crippen LogP contribution >= 0.6 is 0 Å². The van der Waals surface area contributed by atoms with Gasteiger partial charge in [0.1, 0.15) is 17.6 Å². The largest absolute Gasteiger partial charge is 0.344 e. The Balaban J connectivity index is 1.28. The lowest BCUT2D eigenvalue weighted by atomic mass is 9.81. The van der Waals surface area contributed by atoms with Gasteiger partial charge in [0.15, 0.2) is 5.78 Å². The quantitative estimate of drug-likeness (QED) is 0.166. The molecule has 1 saturated heterocycles. The van der Waals surface area contributed by atoms with Crippen LogP contribution in [0, 0.1) is 17.7 Å². The molecule has 2 aromatic heterocycles. The number of aromatic nitrogens is 3. The summed E-state index contributed by atoms with van der Waals surface area (Å²) in [6.45, 7) is 9.02. The summed E-state index contributed by atoms with van der Waals surface area (Å²) in [4.78, 5) is 62.2. The predicted octanol–water partition coefficient (Wildman–Crippen LogP) is 5.58. The van der Waals surface area contributed by atoms with Crippen LogP contribution in [0.4, 0.5) is 10.1 Å². The molecule has 1 aliphatic carbocycles. The summed E-state index contributed by atoms with van der Waals surface area (Å²) in [5.74, 6) is -2.77. The molecular formula is C39H52FN7O4. The molecule has 5 rings (SSSR count). The van der Waals surface area contributed by atoms with Gasteiger partial charge in [-0.2, -0.15) is 5.10 Å². The molecule has 0 unspecified atom stereocenters. The Labute approximate surface area is 300 Å². The fraction of sp³-hybridized carbons (Fsp3) is 0.538. The molecule has 3 amide bonds. The number of nitrogens with one attached hydrogen (secondary N) is 2. The minimum atomic E-state index is -0.887. The van der Waals surface area contributed by atoms with Crippen molar-refractivity contribution < 1.29 is 23.6 Å². The lowest BCUT2D eigenvalue weighted by molar-refractivity contribution is -0.138. The van der Waals surface area contributed by atoms with E-state index < -0.39 is 23.7 Å². The van der Waals surface area contributed by atoms with Gasteiger partial charge in [0.25, 0.3) is 0 Å². The molecule has 0 bridgehead atoms. The van der Waals surface area contributed by atoms with Gasteiger partial charge in [0, 0.05) is 76.3 Å². The number of carbonyl (C=O) groups excluding carboxylic acids is 4. The topological polar surface area (TPSA) is 130 Å². The van der Waals surface area contributed by atoms with E-state index in [0.717, 1.165) is 44.2 Å². The lowest BCUT2D eigenvalue weighted by Crippen LogP contribution is -2.56. The highest BCUT2D eigenvalue weighted by Crippen LogP contribution is 2.33. The van der Waals surface area contributed by atoms with Crippen molar-refractivity contribution in [3.63, 3.8) is 0 Å². The smallest absolute Gasteiger partial charge is 0.245 e. The Morgan fingerprint density at radius 2 is 1.69 bits per heavy atom. The SMILES string of the molecule is CCC(=O)N[C@@H](C(=O)N1CCN(Cc2ccccn2)CC1)[C@@H](C)c1ccc(NC(=O)[C@@H](CC(=O)c2ccnn2CC)C2CCCCCC2)c(F)c1. The number of Topliss-reactive ketones (excluding diaryl/α,β-unsaturated/α-hetero) is 1. The van der Waals surface area contributed by atoms with Gasteiger partial charge >= 0.3 is 0 Å².